The number of carbonyl (C=O) groups excluding carboxylic acids is 2. The van der Waals surface area contributed by atoms with Gasteiger partial charge in [0.15, 0.2) is 0 Å². The molecule has 2 atom stereocenters. The Hall–Kier alpha value is -4.60. The molecule has 10 heteroatoms. The van der Waals surface area contributed by atoms with E-state index in [4.69, 9.17) is 9.47 Å². The Morgan fingerprint density at radius 2 is 1.65 bits per heavy atom. The predicted molar refractivity (Wildman–Crippen MR) is 176 cm³/mol. The van der Waals surface area contributed by atoms with Crippen LogP contribution >= 0.6 is 0 Å². The molecule has 1 fully saturated rings. The molecule has 3 aromatic rings. The third-order valence-electron chi connectivity index (χ3n) is 8.04. The quantitative estimate of drug-likeness (QED) is 0.107. The minimum atomic E-state index is -0.825. The van der Waals surface area contributed by atoms with Gasteiger partial charge in [0.1, 0.15) is 24.0 Å². The van der Waals surface area contributed by atoms with Crippen LogP contribution in [0.25, 0.3) is 0 Å². The van der Waals surface area contributed by atoms with Gasteiger partial charge in [-0.05, 0) is 85.9 Å². The Kier molecular flexibility index (Phi) is 12.4. The summed E-state index contributed by atoms with van der Waals surface area (Å²) in [5.74, 6) is 0.0879. The maximum Gasteiger partial charge on any atom is 0.342 e. The number of rotatable bonds is 15. The van der Waals surface area contributed by atoms with Gasteiger partial charge in [0.2, 0.25) is 5.91 Å². The molecule has 1 N–H and O–H groups in total. The summed E-state index contributed by atoms with van der Waals surface area (Å²) in [5, 5.41) is 13.1. The number of carbonyl (C=O) groups is 2. The second-order valence-corrected chi connectivity index (χ2v) is 12.1. The van der Waals surface area contributed by atoms with Crippen LogP contribution in [-0.2, 0) is 27.4 Å². The normalized spacial score (nSPS) is 14.3. The van der Waals surface area contributed by atoms with Crippen molar-refractivity contribution in [3.05, 3.63) is 105 Å². The molecule has 0 bridgehead atoms. The molecule has 46 heavy (non-hydrogen) atoms. The first-order valence-corrected chi connectivity index (χ1v) is 16.1. The highest BCUT2D eigenvalue weighted by atomic mass is 17.0. The summed E-state index contributed by atoms with van der Waals surface area (Å²) in [6.45, 7) is 10.2. The number of benzene rings is 3. The summed E-state index contributed by atoms with van der Waals surface area (Å²) in [5.41, 5.74) is 4.69. The first-order valence-electron chi connectivity index (χ1n) is 16.1. The lowest BCUT2D eigenvalue weighted by Crippen LogP contribution is -2.34. The van der Waals surface area contributed by atoms with E-state index in [0.717, 1.165) is 36.2 Å². The lowest BCUT2D eigenvalue weighted by Gasteiger charge is -2.33. The maximum atomic E-state index is 13.4. The molecule has 246 valence electrons. The van der Waals surface area contributed by atoms with E-state index in [-0.39, 0.29) is 30.5 Å². The van der Waals surface area contributed by atoms with E-state index >= 15 is 0 Å². The van der Waals surface area contributed by atoms with E-state index in [9.17, 15) is 19.7 Å². The molecule has 0 radical (unpaired) electrons. The van der Waals surface area contributed by atoms with Gasteiger partial charge in [-0.25, -0.2) is 4.79 Å². The fourth-order valence-corrected chi connectivity index (χ4v) is 5.79. The van der Waals surface area contributed by atoms with Crippen LogP contribution in [0.4, 0.5) is 5.69 Å². The second-order valence-electron chi connectivity index (χ2n) is 12.1. The highest BCUT2D eigenvalue weighted by Gasteiger charge is 2.23. The van der Waals surface area contributed by atoms with Gasteiger partial charge in [0.05, 0.1) is 19.1 Å². The molecule has 0 aromatic heterocycles. The van der Waals surface area contributed by atoms with Crippen molar-refractivity contribution in [3.63, 3.8) is 0 Å². The lowest BCUT2D eigenvalue weighted by atomic mass is 9.94. The van der Waals surface area contributed by atoms with E-state index in [0.29, 0.717) is 23.8 Å². The van der Waals surface area contributed by atoms with E-state index in [1.807, 2.05) is 13.0 Å². The highest BCUT2D eigenvalue weighted by molar-refractivity contribution is 5.93. The molecule has 1 amide bonds. The largest absolute Gasteiger partial charge is 0.493 e. The van der Waals surface area contributed by atoms with Crippen LogP contribution in [0.2, 0.25) is 0 Å². The minimum absolute atomic E-state index is 0.00938. The zero-order valence-corrected chi connectivity index (χ0v) is 27.2. The van der Waals surface area contributed by atoms with Gasteiger partial charge < -0.3 is 24.5 Å². The minimum Gasteiger partial charge on any atom is -0.493 e. The monoisotopic (exact) mass is 631 g/mol. The Morgan fingerprint density at radius 1 is 0.957 bits per heavy atom. The summed E-state index contributed by atoms with van der Waals surface area (Å²) < 4.78 is 11.3. The SMILES string of the molecule is CCOc1cc(CC(=O)N[C@@H](CC(C)C)c2ccccc2N2CCCCC2)ccc1C(=O)OCc1ccc(C(C)O[N+](=O)[O-])cc1. The summed E-state index contributed by atoms with van der Waals surface area (Å²) in [7, 11) is 0. The molecular formula is C36H45N3O7. The van der Waals surface area contributed by atoms with Crippen LogP contribution in [-0.4, -0.2) is 36.7 Å². The van der Waals surface area contributed by atoms with Gasteiger partial charge in [-0.2, -0.15) is 0 Å². The number of hydrogen-bond acceptors (Lipinski definition) is 8. The smallest absolute Gasteiger partial charge is 0.342 e. The van der Waals surface area contributed by atoms with Crippen molar-refractivity contribution in [1.82, 2.24) is 5.32 Å². The number of piperidine rings is 1. The second kappa shape index (κ2) is 16.6. The number of ether oxygens (including phenoxy) is 2. The van der Waals surface area contributed by atoms with Gasteiger partial charge in [-0.3, -0.25) is 4.79 Å². The van der Waals surface area contributed by atoms with Crippen LogP contribution < -0.4 is 15.0 Å². The lowest BCUT2D eigenvalue weighted by molar-refractivity contribution is -0.770. The summed E-state index contributed by atoms with van der Waals surface area (Å²) in [4.78, 5) is 44.1. The number of amides is 1. The number of para-hydroxylation sites is 1. The zero-order chi connectivity index (χ0) is 33.1. The Morgan fingerprint density at radius 3 is 2.33 bits per heavy atom. The van der Waals surface area contributed by atoms with Crippen molar-refractivity contribution in [2.75, 3.05) is 24.6 Å². The first kappa shape index (κ1) is 34.3. The molecular weight excluding hydrogens is 586 g/mol. The fourth-order valence-electron chi connectivity index (χ4n) is 5.79. The van der Waals surface area contributed by atoms with Crippen molar-refractivity contribution in [1.29, 1.82) is 0 Å². The third kappa shape index (κ3) is 9.70. The molecule has 3 aromatic carbocycles. The number of anilines is 1. The van der Waals surface area contributed by atoms with E-state index in [1.165, 1.54) is 24.9 Å². The molecule has 1 heterocycles. The molecule has 0 saturated carbocycles. The van der Waals surface area contributed by atoms with Crippen LogP contribution in [0.5, 0.6) is 5.75 Å². The molecule has 1 aliphatic rings. The zero-order valence-electron chi connectivity index (χ0n) is 27.2. The standard InChI is InChI=1S/C36H45N3O7/c1-5-44-34-22-28(15-18-31(34)36(41)45-24-27-13-16-29(17-14-27)26(4)46-39(42)43)23-35(40)37-32(21-25(2)3)30-11-7-8-12-33(30)38-19-9-6-10-20-38/h7-8,11-18,22,25-26,32H,5-6,9-10,19-21,23-24H2,1-4H3,(H,37,40)/t26?,32-/m0/s1. The number of esters is 1. The maximum absolute atomic E-state index is 13.4. The Bertz CT molecular complexity index is 1470. The summed E-state index contributed by atoms with van der Waals surface area (Å²) >= 11 is 0. The van der Waals surface area contributed by atoms with Crippen LogP contribution in [0.15, 0.2) is 66.7 Å². The van der Waals surface area contributed by atoms with Gasteiger partial charge in [-0.15, -0.1) is 10.1 Å². The highest BCUT2D eigenvalue weighted by Crippen LogP contribution is 2.32. The Labute approximate surface area is 271 Å². The Balaban J connectivity index is 1.42. The number of hydrogen-bond donors (Lipinski definition) is 1. The van der Waals surface area contributed by atoms with E-state index in [1.54, 1.807) is 49.4 Å². The number of nitrogens with one attached hydrogen (secondary N) is 1. The van der Waals surface area contributed by atoms with E-state index in [2.05, 4.69) is 47.1 Å². The number of nitrogens with zero attached hydrogens (tertiary/aromatic N) is 2. The molecule has 10 nitrogen and oxygen atoms in total. The van der Waals surface area contributed by atoms with Crippen molar-refractivity contribution >= 4 is 17.6 Å². The average molecular weight is 632 g/mol. The molecule has 1 unspecified atom stereocenters. The topological polar surface area (TPSA) is 120 Å². The molecule has 4 rings (SSSR count). The van der Waals surface area contributed by atoms with Crippen molar-refractivity contribution in [2.45, 2.75) is 78.6 Å². The molecule has 1 saturated heterocycles. The predicted octanol–water partition coefficient (Wildman–Crippen LogP) is 7.15. The van der Waals surface area contributed by atoms with Gasteiger partial charge in [0, 0.05) is 18.8 Å². The molecule has 0 aliphatic carbocycles. The van der Waals surface area contributed by atoms with E-state index < -0.39 is 17.2 Å². The van der Waals surface area contributed by atoms with Crippen molar-refractivity contribution in [2.24, 2.45) is 5.92 Å². The van der Waals surface area contributed by atoms with Crippen LogP contribution in [0, 0.1) is 16.0 Å². The molecule has 0 spiro atoms. The average Bonchev–Trinajstić information content (AvgIpc) is 3.04. The fraction of sp³-hybridized carbons (Fsp3) is 0.444. The van der Waals surface area contributed by atoms with Gasteiger partial charge >= 0.3 is 5.97 Å². The summed E-state index contributed by atoms with van der Waals surface area (Å²) in [6.07, 6.45) is 3.86. The molecule has 1 aliphatic heterocycles. The first-order chi connectivity index (χ1) is 22.1. The van der Waals surface area contributed by atoms with Gasteiger partial charge in [0.25, 0.3) is 5.09 Å². The van der Waals surface area contributed by atoms with Crippen molar-refractivity contribution in [3.8, 4) is 5.75 Å². The van der Waals surface area contributed by atoms with Gasteiger partial charge in [-0.1, -0.05) is 62.4 Å². The third-order valence-corrected chi connectivity index (χ3v) is 8.04. The van der Waals surface area contributed by atoms with Crippen molar-refractivity contribution < 1.29 is 29.0 Å². The van der Waals surface area contributed by atoms with Crippen LogP contribution in [0.1, 0.15) is 98.1 Å². The summed E-state index contributed by atoms with van der Waals surface area (Å²) in [6, 6.07) is 20.2. The van der Waals surface area contributed by atoms with Crippen LogP contribution in [0.3, 0.4) is 0 Å².